The van der Waals surface area contributed by atoms with Crippen LogP contribution in [-0.2, 0) is 31.2 Å². The molecule has 0 unspecified atom stereocenters. The highest BCUT2D eigenvalue weighted by Crippen LogP contribution is 2.18. The van der Waals surface area contributed by atoms with Gasteiger partial charge in [-0.15, -0.1) is 0 Å². The summed E-state index contributed by atoms with van der Waals surface area (Å²) < 4.78 is 94.8. The van der Waals surface area contributed by atoms with Gasteiger partial charge in [-0.1, -0.05) is 0 Å². The molecule has 0 saturated carbocycles. The SMILES string of the molecule is Cc1cc(N)ccc1O.Cc1cc(N)ccc1O.O=S(=O)(O)O.O=S(=O)(O)O.O=S(=O)(O)O. The monoisotopic (exact) mass is 540 g/mol. The summed E-state index contributed by atoms with van der Waals surface area (Å²) in [5.74, 6) is 0.591. The minimum absolute atomic E-state index is 0.296. The minimum atomic E-state index is -4.67. The summed E-state index contributed by atoms with van der Waals surface area (Å²) in [6.45, 7) is 3.62. The summed E-state index contributed by atoms with van der Waals surface area (Å²) >= 11 is 0. The number of anilines is 2. The van der Waals surface area contributed by atoms with E-state index in [0.29, 0.717) is 22.9 Å². The maximum atomic E-state index is 8.99. The maximum Gasteiger partial charge on any atom is 0.394 e. The molecule has 0 amide bonds. The highest BCUT2D eigenvalue weighted by atomic mass is 32.3. The number of hydrogen-bond donors (Lipinski definition) is 10. The van der Waals surface area contributed by atoms with E-state index in [1.165, 1.54) is 0 Å². The molecule has 0 aliphatic carbocycles. The maximum absolute atomic E-state index is 8.99. The molecule has 33 heavy (non-hydrogen) atoms. The molecule has 2 aromatic carbocycles. The Morgan fingerprint density at radius 3 is 0.848 bits per heavy atom. The molecule has 19 heteroatoms. The van der Waals surface area contributed by atoms with Crippen LogP contribution in [0, 0.1) is 13.8 Å². The lowest BCUT2D eigenvalue weighted by Gasteiger charge is -1.97. The first kappa shape index (κ1) is 34.9. The summed E-state index contributed by atoms with van der Waals surface area (Å²) in [6.07, 6.45) is 0. The molecule has 12 N–H and O–H groups in total. The zero-order chi connectivity index (χ0) is 27.2. The van der Waals surface area contributed by atoms with Crippen molar-refractivity contribution in [2.24, 2.45) is 0 Å². The fraction of sp³-hybridized carbons (Fsp3) is 0.143. The van der Waals surface area contributed by atoms with Gasteiger partial charge in [0.15, 0.2) is 0 Å². The van der Waals surface area contributed by atoms with Crippen molar-refractivity contribution in [1.29, 1.82) is 0 Å². The molecule has 0 heterocycles. The first-order valence-corrected chi connectivity index (χ1v) is 11.8. The van der Waals surface area contributed by atoms with Gasteiger partial charge in [-0.05, 0) is 61.4 Å². The highest BCUT2D eigenvalue weighted by molar-refractivity contribution is 7.80. The normalized spacial score (nSPS) is 10.4. The third kappa shape index (κ3) is 40.2. The van der Waals surface area contributed by atoms with E-state index < -0.39 is 31.2 Å². The van der Waals surface area contributed by atoms with Gasteiger partial charge in [-0.3, -0.25) is 27.3 Å². The van der Waals surface area contributed by atoms with Crippen molar-refractivity contribution in [3.05, 3.63) is 47.5 Å². The van der Waals surface area contributed by atoms with Crippen molar-refractivity contribution >= 4 is 42.6 Å². The fourth-order valence-corrected chi connectivity index (χ4v) is 1.36. The fourth-order valence-electron chi connectivity index (χ4n) is 1.36. The lowest BCUT2D eigenvalue weighted by atomic mass is 10.2. The molecule has 2 aromatic rings. The van der Waals surface area contributed by atoms with Crippen molar-refractivity contribution < 1.29 is 62.8 Å². The van der Waals surface area contributed by atoms with Gasteiger partial charge < -0.3 is 21.7 Å². The summed E-state index contributed by atoms with van der Waals surface area (Å²) in [7, 11) is -14.0. The quantitative estimate of drug-likeness (QED) is 0.124. The van der Waals surface area contributed by atoms with Crippen LogP contribution in [0.15, 0.2) is 36.4 Å². The van der Waals surface area contributed by atoms with Crippen molar-refractivity contribution in [3.63, 3.8) is 0 Å². The molecule has 16 nitrogen and oxygen atoms in total. The van der Waals surface area contributed by atoms with Crippen LogP contribution in [-0.4, -0.2) is 62.8 Å². The average Bonchev–Trinajstić information content (AvgIpc) is 2.51. The van der Waals surface area contributed by atoms with Gasteiger partial charge in [0.1, 0.15) is 11.5 Å². The van der Waals surface area contributed by atoms with Crippen molar-refractivity contribution in [1.82, 2.24) is 0 Å². The average molecular weight is 541 g/mol. The molecule has 192 valence electrons. The molecular weight excluding hydrogens is 516 g/mol. The number of rotatable bonds is 0. The standard InChI is InChI=1S/2C7H9NO.3H2O4S/c2*1-5-4-6(8)2-3-7(5)9;3*1-5(2,3)4/h2*2-4,9H,8H2,1H3;3*(H2,1,2,3,4). The lowest BCUT2D eigenvalue weighted by molar-refractivity contribution is 0.378. The number of nitrogen functional groups attached to an aromatic ring is 2. The summed E-state index contributed by atoms with van der Waals surface area (Å²) in [6, 6.07) is 9.98. The molecule has 0 spiro atoms. The highest BCUT2D eigenvalue weighted by Gasteiger charge is 1.93. The molecule has 0 saturated heterocycles. The molecule has 0 aromatic heterocycles. The van der Waals surface area contributed by atoms with Gasteiger partial charge in [0.05, 0.1) is 0 Å². The van der Waals surface area contributed by atoms with Crippen molar-refractivity contribution in [2.75, 3.05) is 11.5 Å². The Kier molecular flexibility index (Phi) is 16.0. The van der Waals surface area contributed by atoms with E-state index in [9.17, 15) is 0 Å². The van der Waals surface area contributed by atoms with E-state index in [2.05, 4.69) is 0 Å². The molecule has 0 aliphatic rings. The number of phenols is 2. The van der Waals surface area contributed by atoms with Crippen LogP contribution in [0.25, 0.3) is 0 Å². The van der Waals surface area contributed by atoms with Gasteiger partial charge in [0, 0.05) is 11.4 Å². The Hall–Kier alpha value is -2.75. The van der Waals surface area contributed by atoms with E-state index in [1.54, 1.807) is 36.4 Å². The first-order valence-electron chi connectivity index (χ1n) is 7.60. The molecular formula is C14H24N2O14S3. The van der Waals surface area contributed by atoms with Gasteiger partial charge in [0.2, 0.25) is 0 Å². The molecule has 0 radical (unpaired) electrons. The molecule has 0 atom stereocenters. The largest absolute Gasteiger partial charge is 0.508 e. The van der Waals surface area contributed by atoms with E-state index in [0.717, 1.165) is 11.1 Å². The van der Waals surface area contributed by atoms with Crippen LogP contribution in [0.4, 0.5) is 11.4 Å². The summed E-state index contributed by atoms with van der Waals surface area (Å²) in [5, 5.41) is 18.0. The Morgan fingerprint density at radius 1 is 0.545 bits per heavy atom. The van der Waals surface area contributed by atoms with Crippen LogP contribution in [0.1, 0.15) is 11.1 Å². The number of aromatic hydroxyl groups is 2. The predicted molar refractivity (Wildman–Crippen MR) is 117 cm³/mol. The molecule has 2 rings (SSSR count). The van der Waals surface area contributed by atoms with E-state index >= 15 is 0 Å². The summed E-state index contributed by atoms with van der Waals surface area (Å²) in [4.78, 5) is 0. The zero-order valence-corrected chi connectivity index (χ0v) is 19.3. The number of aryl methyl sites for hydroxylation is 2. The Morgan fingerprint density at radius 2 is 0.727 bits per heavy atom. The van der Waals surface area contributed by atoms with Crippen LogP contribution in [0.2, 0.25) is 0 Å². The third-order valence-electron chi connectivity index (χ3n) is 2.44. The van der Waals surface area contributed by atoms with Gasteiger partial charge in [-0.2, -0.15) is 25.3 Å². The van der Waals surface area contributed by atoms with Crippen molar-refractivity contribution in [2.45, 2.75) is 13.8 Å². The van der Waals surface area contributed by atoms with Gasteiger partial charge in [0.25, 0.3) is 0 Å². The van der Waals surface area contributed by atoms with Crippen LogP contribution < -0.4 is 11.5 Å². The van der Waals surface area contributed by atoms with E-state index in [1.807, 2.05) is 13.8 Å². The minimum Gasteiger partial charge on any atom is -0.508 e. The van der Waals surface area contributed by atoms with E-state index in [4.69, 9.17) is 74.3 Å². The molecule has 0 bridgehead atoms. The Bertz CT molecular complexity index is 1030. The number of nitrogens with two attached hydrogens (primary N) is 2. The molecule has 0 aliphatic heterocycles. The number of benzene rings is 2. The topological polar surface area (TPSA) is 316 Å². The first-order chi connectivity index (χ1) is 14.4. The smallest absolute Gasteiger partial charge is 0.394 e. The second-order valence-corrected chi connectivity index (χ2v) is 8.12. The van der Waals surface area contributed by atoms with Gasteiger partial charge >= 0.3 is 31.2 Å². The second kappa shape index (κ2) is 15.2. The Labute approximate surface area is 189 Å². The zero-order valence-electron chi connectivity index (χ0n) is 16.9. The Balaban J connectivity index is -0.000000354. The second-order valence-electron chi connectivity index (χ2n) is 5.44. The summed E-state index contributed by atoms with van der Waals surface area (Å²) in [5.41, 5.74) is 13.8. The number of hydrogen-bond acceptors (Lipinski definition) is 10. The molecule has 0 fully saturated rings. The lowest BCUT2D eigenvalue weighted by Crippen LogP contribution is -1.89. The van der Waals surface area contributed by atoms with Crippen LogP contribution >= 0.6 is 0 Å². The van der Waals surface area contributed by atoms with Crippen LogP contribution in [0.5, 0.6) is 11.5 Å². The van der Waals surface area contributed by atoms with Crippen LogP contribution in [0.3, 0.4) is 0 Å². The third-order valence-corrected chi connectivity index (χ3v) is 2.44. The van der Waals surface area contributed by atoms with E-state index in [-0.39, 0.29) is 0 Å². The van der Waals surface area contributed by atoms with Gasteiger partial charge in [-0.25, -0.2) is 0 Å². The number of phenolic OH excluding ortho intramolecular Hbond substituents is 2. The predicted octanol–water partition coefficient (Wildman–Crippen LogP) is 0.607. The van der Waals surface area contributed by atoms with Crippen molar-refractivity contribution in [3.8, 4) is 11.5 Å².